The molecule has 176 valence electrons. The van der Waals surface area contributed by atoms with Crippen LogP contribution in [0.2, 0.25) is 0 Å². The van der Waals surface area contributed by atoms with Crippen molar-refractivity contribution in [2.24, 2.45) is 0 Å². The number of methoxy groups -OCH3 is 1. The van der Waals surface area contributed by atoms with E-state index in [2.05, 4.69) is 5.32 Å². The van der Waals surface area contributed by atoms with Crippen LogP contribution in [-0.4, -0.2) is 51.4 Å². The number of halogens is 1. The number of anilines is 1. The fourth-order valence-corrected chi connectivity index (χ4v) is 5.02. The van der Waals surface area contributed by atoms with Gasteiger partial charge >= 0.3 is 5.97 Å². The Hall–Kier alpha value is -3.24. The minimum Gasteiger partial charge on any atom is -0.495 e. The van der Waals surface area contributed by atoms with Gasteiger partial charge in [0.2, 0.25) is 10.0 Å². The normalized spacial score (nSPS) is 14.7. The minimum absolute atomic E-state index is 0.0380. The molecular weight excluding hydrogens is 451 g/mol. The first kappa shape index (κ1) is 24.4. The summed E-state index contributed by atoms with van der Waals surface area (Å²) in [6.45, 7) is 0.305. The third-order valence-corrected chi connectivity index (χ3v) is 6.93. The largest absolute Gasteiger partial charge is 0.495 e. The maximum absolute atomic E-state index is 13.1. The Labute approximate surface area is 192 Å². The molecule has 0 atom stereocenters. The molecule has 1 heterocycles. The maximum Gasteiger partial charge on any atom is 0.331 e. The monoisotopic (exact) mass is 476 g/mol. The zero-order valence-corrected chi connectivity index (χ0v) is 18.9. The molecule has 1 amide bonds. The highest BCUT2D eigenvalue weighted by Gasteiger charge is 2.29. The second kappa shape index (κ2) is 11.1. The molecule has 0 radical (unpaired) electrons. The second-order valence-corrected chi connectivity index (χ2v) is 9.28. The predicted octanol–water partition coefficient (Wildman–Crippen LogP) is 3.20. The first-order valence-electron chi connectivity index (χ1n) is 10.4. The van der Waals surface area contributed by atoms with Gasteiger partial charge in [0.15, 0.2) is 6.61 Å². The number of benzene rings is 2. The first-order chi connectivity index (χ1) is 15.8. The van der Waals surface area contributed by atoms with Crippen molar-refractivity contribution in [3.63, 3.8) is 0 Å². The van der Waals surface area contributed by atoms with Gasteiger partial charge in [-0.25, -0.2) is 17.6 Å². The summed E-state index contributed by atoms with van der Waals surface area (Å²) in [7, 11) is -2.41. The Morgan fingerprint density at radius 2 is 1.79 bits per heavy atom. The van der Waals surface area contributed by atoms with Crippen molar-refractivity contribution in [3.8, 4) is 5.75 Å². The summed E-state index contributed by atoms with van der Waals surface area (Å²) in [6, 6.07) is 9.79. The summed E-state index contributed by atoms with van der Waals surface area (Å²) < 4.78 is 50.5. The van der Waals surface area contributed by atoms with Crippen molar-refractivity contribution >= 4 is 33.7 Å². The van der Waals surface area contributed by atoms with Crippen molar-refractivity contribution < 1.29 is 31.9 Å². The van der Waals surface area contributed by atoms with Crippen LogP contribution in [0, 0.1) is 5.82 Å². The van der Waals surface area contributed by atoms with Crippen molar-refractivity contribution in [3.05, 3.63) is 59.9 Å². The molecule has 1 N–H and O–H groups in total. The van der Waals surface area contributed by atoms with Gasteiger partial charge in [0.05, 0.1) is 7.11 Å². The van der Waals surface area contributed by atoms with E-state index in [0.717, 1.165) is 25.3 Å². The van der Waals surface area contributed by atoms with Crippen LogP contribution < -0.4 is 10.1 Å². The lowest BCUT2D eigenvalue weighted by Gasteiger charge is -2.26. The third kappa shape index (κ3) is 6.62. The number of carbonyl (C=O) groups is 2. The predicted molar refractivity (Wildman–Crippen MR) is 121 cm³/mol. The lowest BCUT2D eigenvalue weighted by molar-refractivity contribution is -0.142. The molecule has 0 spiro atoms. The van der Waals surface area contributed by atoms with E-state index >= 15 is 0 Å². The number of ether oxygens (including phenoxy) is 2. The van der Waals surface area contributed by atoms with E-state index in [9.17, 15) is 22.4 Å². The lowest BCUT2D eigenvalue weighted by atomic mass is 10.2. The van der Waals surface area contributed by atoms with Crippen LogP contribution in [0.4, 0.5) is 10.1 Å². The van der Waals surface area contributed by atoms with Crippen LogP contribution in [0.5, 0.6) is 5.75 Å². The molecular formula is C23H25FN2O6S. The van der Waals surface area contributed by atoms with Crippen LogP contribution in [0.25, 0.3) is 6.08 Å². The van der Waals surface area contributed by atoms with E-state index in [1.165, 1.54) is 60.0 Å². The van der Waals surface area contributed by atoms with Gasteiger partial charge < -0.3 is 14.8 Å². The molecule has 0 unspecified atom stereocenters. The summed E-state index contributed by atoms with van der Waals surface area (Å²) in [5.41, 5.74) is 0.827. The van der Waals surface area contributed by atoms with E-state index < -0.39 is 34.3 Å². The Bertz CT molecular complexity index is 1130. The molecule has 3 rings (SSSR count). The average Bonchev–Trinajstić information content (AvgIpc) is 2.83. The minimum atomic E-state index is -3.79. The Kier molecular flexibility index (Phi) is 8.18. The molecule has 0 aromatic heterocycles. The van der Waals surface area contributed by atoms with Gasteiger partial charge in [0.1, 0.15) is 16.5 Å². The zero-order valence-electron chi connectivity index (χ0n) is 18.1. The van der Waals surface area contributed by atoms with Gasteiger partial charge in [0.25, 0.3) is 5.91 Å². The van der Waals surface area contributed by atoms with Gasteiger partial charge in [-0.15, -0.1) is 0 Å². The van der Waals surface area contributed by atoms with E-state index in [0.29, 0.717) is 18.7 Å². The fourth-order valence-electron chi connectivity index (χ4n) is 3.32. The van der Waals surface area contributed by atoms with Crippen molar-refractivity contribution in [2.45, 2.75) is 24.2 Å². The van der Waals surface area contributed by atoms with Crippen molar-refractivity contribution in [2.75, 3.05) is 32.1 Å². The van der Waals surface area contributed by atoms with Crippen LogP contribution in [0.3, 0.4) is 0 Å². The average molecular weight is 477 g/mol. The summed E-state index contributed by atoms with van der Waals surface area (Å²) in [5, 5.41) is 2.52. The number of amides is 1. The zero-order chi connectivity index (χ0) is 23.8. The van der Waals surface area contributed by atoms with Crippen molar-refractivity contribution in [1.29, 1.82) is 0 Å². The van der Waals surface area contributed by atoms with E-state index in [1.807, 2.05) is 0 Å². The molecule has 1 aliphatic heterocycles. The summed E-state index contributed by atoms with van der Waals surface area (Å²) >= 11 is 0. The molecule has 33 heavy (non-hydrogen) atoms. The highest BCUT2D eigenvalue weighted by Crippen LogP contribution is 2.31. The van der Waals surface area contributed by atoms with Crippen LogP contribution in [0.1, 0.15) is 24.8 Å². The Morgan fingerprint density at radius 3 is 2.45 bits per heavy atom. The van der Waals surface area contributed by atoms with Crippen molar-refractivity contribution in [1.82, 2.24) is 4.31 Å². The number of piperidine rings is 1. The second-order valence-electron chi connectivity index (χ2n) is 7.37. The third-order valence-electron chi connectivity index (χ3n) is 5.01. The van der Waals surface area contributed by atoms with Gasteiger partial charge in [0, 0.05) is 24.9 Å². The molecule has 2 aromatic carbocycles. The highest BCUT2D eigenvalue weighted by atomic mass is 32.2. The molecule has 10 heteroatoms. The van der Waals surface area contributed by atoms with Crippen LogP contribution >= 0.6 is 0 Å². The topological polar surface area (TPSA) is 102 Å². The summed E-state index contributed by atoms with van der Waals surface area (Å²) in [6.07, 6.45) is 5.12. The molecule has 1 aliphatic rings. The van der Waals surface area contributed by atoms with Gasteiger partial charge in [-0.3, -0.25) is 4.79 Å². The molecule has 0 bridgehead atoms. The smallest absolute Gasteiger partial charge is 0.331 e. The number of rotatable bonds is 8. The molecule has 1 fully saturated rings. The number of nitrogens with zero attached hydrogens (tertiary/aromatic N) is 1. The van der Waals surface area contributed by atoms with Gasteiger partial charge in [-0.2, -0.15) is 4.31 Å². The number of hydrogen-bond acceptors (Lipinski definition) is 6. The molecule has 2 aromatic rings. The quantitative estimate of drug-likeness (QED) is 0.464. The Morgan fingerprint density at radius 1 is 1.09 bits per heavy atom. The first-order valence-corrected chi connectivity index (χ1v) is 11.8. The number of sulfonamides is 1. The van der Waals surface area contributed by atoms with Gasteiger partial charge in [-0.1, -0.05) is 18.6 Å². The van der Waals surface area contributed by atoms with Gasteiger partial charge in [-0.05, 0) is 54.8 Å². The fraction of sp³-hybridized carbons (Fsp3) is 0.304. The molecule has 1 saturated heterocycles. The highest BCUT2D eigenvalue weighted by molar-refractivity contribution is 7.89. The van der Waals surface area contributed by atoms with E-state index in [4.69, 9.17) is 9.47 Å². The lowest BCUT2D eigenvalue weighted by Crippen LogP contribution is -2.35. The number of nitrogens with one attached hydrogen (secondary N) is 1. The van der Waals surface area contributed by atoms with Crippen LogP contribution in [0.15, 0.2) is 53.4 Å². The summed E-state index contributed by atoms with van der Waals surface area (Å²) in [5.74, 6) is -1.60. The molecule has 8 nitrogen and oxygen atoms in total. The maximum atomic E-state index is 13.1. The standard InChI is InChI=1S/C23H25FN2O6S/c1-31-20-11-10-19(15-21(20)33(29,30)26-13-3-2-4-14-26)25-22(27)16-32-23(28)12-7-17-5-8-18(24)9-6-17/h5-12,15H,2-4,13-14,16H2,1H3,(H,25,27)/b12-7+. The number of carbonyl (C=O) groups excluding carboxylic acids is 2. The van der Waals surface area contributed by atoms with E-state index in [-0.39, 0.29) is 16.3 Å². The Balaban J connectivity index is 1.61. The molecule has 0 aliphatic carbocycles. The molecule has 0 saturated carbocycles. The SMILES string of the molecule is COc1ccc(NC(=O)COC(=O)/C=C/c2ccc(F)cc2)cc1S(=O)(=O)N1CCCCC1. The number of hydrogen-bond donors (Lipinski definition) is 1. The van der Waals surface area contributed by atoms with Crippen LogP contribution in [-0.2, 0) is 24.3 Å². The van der Waals surface area contributed by atoms with E-state index in [1.54, 1.807) is 0 Å². The number of esters is 1. The summed E-state index contributed by atoms with van der Waals surface area (Å²) in [4.78, 5) is 24.0.